The van der Waals surface area contributed by atoms with Crippen molar-refractivity contribution in [1.29, 1.82) is 0 Å². The van der Waals surface area contributed by atoms with Gasteiger partial charge in [0.15, 0.2) is 9.84 Å². The van der Waals surface area contributed by atoms with Crippen molar-refractivity contribution < 1.29 is 32.2 Å². The second-order valence-corrected chi connectivity index (χ2v) is 10.6. The number of aryl methyl sites for hydroxylation is 1. The molecule has 0 spiro atoms. The molecule has 2 N–H and O–H groups in total. The van der Waals surface area contributed by atoms with Gasteiger partial charge in [-0.1, -0.05) is 30.3 Å². The third kappa shape index (κ3) is 7.04. The minimum Gasteiger partial charge on any atom is -0.481 e. The Balaban J connectivity index is 1.51. The highest BCUT2D eigenvalue weighted by Crippen LogP contribution is 2.29. The molecule has 0 saturated heterocycles. The Morgan fingerprint density at radius 2 is 1.55 bits per heavy atom. The summed E-state index contributed by atoms with van der Waals surface area (Å²) in [6.45, 7) is 0. The Morgan fingerprint density at radius 3 is 2.21 bits per heavy atom. The van der Waals surface area contributed by atoms with Crippen LogP contribution in [-0.4, -0.2) is 31.2 Å². The van der Waals surface area contributed by atoms with Gasteiger partial charge in [0.05, 0.1) is 17.1 Å². The van der Waals surface area contributed by atoms with Gasteiger partial charge in [0.25, 0.3) is 5.91 Å². The summed E-state index contributed by atoms with van der Waals surface area (Å²) in [5, 5.41) is 12.0. The van der Waals surface area contributed by atoms with Crippen LogP contribution in [0.15, 0.2) is 102 Å². The zero-order chi connectivity index (χ0) is 27.1. The fourth-order valence-corrected chi connectivity index (χ4v) is 5.02. The molecular formula is C29H24FNO6S. The minimum absolute atomic E-state index is 0.00352. The molecule has 0 bridgehead atoms. The van der Waals surface area contributed by atoms with Gasteiger partial charge in [-0.05, 0) is 84.3 Å². The summed E-state index contributed by atoms with van der Waals surface area (Å²) in [5.74, 6) is -1.28. The highest BCUT2D eigenvalue weighted by molar-refractivity contribution is 7.91. The molecule has 4 aromatic carbocycles. The molecule has 0 unspecified atom stereocenters. The molecule has 0 aromatic heterocycles. The highest BCUT2D eigenvalue weighted by atomic mass is 32.2. The Hall–Kier alpha value is -4.50. The average Bonchev–Trinajstić information content (AvgIpc) is 2.90. The van der Waals surface area contributed by atoms with Crippen molar-refractivity contribution >= 4 is 27.4 Å². The molecule has 0 radical (unpaired) electrons. The van der Waals surface area contributed by atoms with E-state index in [1.165, 1.54) is 12.1 Å². The summed E-state index contributed by atoms with van der Waals surface area (Å²) >= 11 is 0. The molecule has 0 fully saturated rings. The van der Waals surface area contributed by atoms with E-state index in [1.807, 2.05) is 6.07 Å². The van der Waals surface area contributed by atoms with Crippen molar-refractivity contribution in [1.82, 2.24) is 0 Å². The molecular weight excluding hydrogens is 509 g/mol. The van der Waals surface area contributed by atoms with E-state index in [0.29, 0.717) is 33.9 Å². The largest absolute Gasteiger partial charge is 0.481 e. The predicted octanol–water partition coefficient (Wildman–Crippen LogP) is 5.51. The number of benzene rings is 4. The van der Waals surface area contributed by atoms with E-state index in [4.69, 9.17) is 9.84 Å². The van der Waals surface area contributed by atoms with Gasteiger partial charge in [0.2, 0.25) is 0 Å². The molecule has 7 nitrogen and oxygen atoms in total. The number of carboxylic acids is 1. The number of hydrogen-bond donors (Lipinski definition) is 2. The molecule has 0 atom stereocenters. The number of hydrogen-bond acceptors (Lipinski definition) is 5. The lowest BCUT2D eigenvalue weighted by molar-refractivity contribution is -0.136. The molecule has 0 aliphatic heterocycles. The van der Waals surface area contributed by atoms with E-state index in [9.17, 15) is 22.4 Å². The Labute approximate surface area is 219 Å². The van der Waals surface area contributed by atoms with Gasteiger partial charge in [0, 0.05) is 11.3 Å². The molecule has 1 amide bonds. The molecule has 194 valence electrons. The van der Waals surface area contributed by atoms with E-state index in [1.54, 1.807) is 66.7 Å². The minimum atomic E-state index is -3.72. The fraction of sp³-hybridized carbons (Fsp3) is 0.103. The lowest BCUT2D eigenvalue weighted by Crippen LogP contribution is -2.11. The summed E-state index contributed by atoms with van der Waals surface area (Å²) in [5.41, 5.74) is 2.09. The van der Waals surface area contributed by atoms with E-state index < -0.39 is 21.6 Å². The second-order valence-electron chi connectivity index (χ2n) is 8.48. The summed E-state index contributed by atoms with van der Waals surface area (Å²) in [7, 11) is -3.72. The number of carboxylic acid groups (broad SMARTS) is 1. The van der Waals surface area contributed by atoms with Crippen LogP contribution in [0.3, 0.4) is 0 Å². The fourth-order valence-electron chi connectivity index (χ4n) is 3.74. The normalized spacial score (nSPS) is 11.1. The number of anilines is 1. The van der Waals surface area contributed by atoms with Gasteiger partial charge < -0.3 is 15.2 Å². The lowest BCUT2D eigenvalue weighted by atomic mass is 10.1. The van der Waals surface area contributed by atoms with Crippen LogP contribution < -0.4 is 10.1 Å². The van der Waals surface area contributed by atoms with E-state index in [2.05, 4.69) is 5.32 Å². The second kappa shape index (κ2) is 11.7. The summed E-state index contributed by atoms with van der Waals surface area (Å²) in [4.78, 5) is 23.6. The highest BCUT2D eigenvalue weighted by Gasteiger charge is 2.17. The number of sulfone groups is 1. The van der Waals surface area contributed by atoms with Gasteiger partial charge in [-0.3, -0.25) is 9.59 Å². The first-order valence-corrected chi connectivity index (χ1v) is 13.3. The van der Waals surface area contributed by atoms with Crippen LogP contribution >= 0.6 is 0 Å². The molecule has 0 saturated carbocycles. The van der Waals surface area contributed by atoms with E-state index in [-0.39, 0.29) is 29.4 Å². The van der Waals surface area contributed by atoms with Crippen LogP contribution in [0.1, 0.15) is 21.5 Å². The average molecular weight is 534 g/mol. The van der Waals surface area contributed by atoms with Crippen molar-refractivity contribution in [2.75, 3.05) is 11.1 Å². The monoisotopic (exact) mass is 533 g/mol. The standard InChI is InChI=1S/C29H24FNO6S/c30-23-7-13-26(14-8-23)38(35,36)17-16-22-18-20(19-28(32)33)6-15-27(22)37-25-11-9-24(10-12-25)31-29(34)21-4-2-1-3-5-21/h1-15,18H,16-17,19H2,(H,31,34)(H,32,33). The number of rotatable bonds is 10. The smallest absolute Gasteiger partial charge is 0.307 e. The van der Waals surface area contributed by atoms with Crippen molar-refractivity contribution in [2.45, 2.75) is 17.7 Å². The number of aliphatic carboxylic acids is 1. The van der Waals surface area contributed by atoms with Gasteiger partial charge in [-0.2, -0.15) is 0 Å². The topological polar surface area (TPSA) is 110 Å². The SMILES string of the molecule is O=C(O)Cc1ccc(Oc2ccc(NC(=O)c3ccccc3)cc2)c(CCS(=O)(=O)c2ccc(F)cc2)c1. The van der Waals surface area contributed by atoms with Crippen LogP contribution in [0, 0.1) is 5.82 Å². The molecule has 0 heterocycles. The van der Waals surface area contributed by atoms with Gasteiger partial charge in [-0.25, -0.2) is 12.8 Å². The zero-order valence-electron chi connectivity index (χ0n) is 20.1. The van der Waals surface area contributed by atoms with Gasteiger partial charge >= 0.3 is 5.97 Å². The Morgan fingerprint density at radius 1 is 0.868 bits per heavy atom. The number of nitrogens with one attached hydrogen (secondary N) is 1. The summed E-state index contributed by atoms with van der Waals surface area (Å²) < 4.78 is 44.8. The molecule has 0 aliphatic carbocycles. The zero-order valence-corrected chi connectivity index (χ0v) is 21.0. The number of amides is 1. The third-order valence-corrected chi connectivity index (χ3v) is 7.40. The number of halogens is 1. The number of ether oxygens (including phenoxy) is 1. The maximum atomic E-state index is 13.2. The van der Waals surface area contributed by atoms with Crippen LogP contribution in [-0.2, 0) is 27.5 Å². The molecule has 4 aromatic rings. The van der Waals surface area contributed by atoms with Gasteiger partial charge in [-0.15, -0.1) is 0 Å². The Kier molecular flexibility index (Phi) is 8.18. The maximum Gasteiger partial charge on any atom is 0.307 e. The first kappa shape index (κ1) is 26.6. The summed E-state index contributed by atoms with van der Waals surface area (Å²) in [6.07, 6.45) is -0.179. The van der Waals surface area contributed by atoms with Crippen LogP contribution in [0.25, 0.3) is 0 Å². The third-order valence-electron chi connectivity index (χ3n) is 5.67. The Bertz CT molecular complexity index is 1540. The van der Waals surface area contributed by atoms with E-state index in [0.717, 1.165) is 12.1 Å². The van der Waals surface area contributed by atoms with Crippen LogP contribution in [0.5, 0.6) is 11.5 Å². The van der Waals surface area contributed by atoms with Crippen molar-refractivity contribution in [3.63, 3.8) is 0 Å². The molecule has 9 heteroatoms. The van der Waals surface area contributed by atoms with Crippen molar-refractivity contribution in [3.8, 4) is 11.5 Å². The quantitative estimate of drug-likeness (QED) is 0.260. The van der Waals surface area contributed by atoms with Crippen molar-refractivity contribution in [3.05, 3.63) is 120 Å². The van der Waals surface area contributed by atoms with Crippen molar-refractivity contribution in [2.24, 2.45) is 0 Å². The number of carbonyl (C=O) groups excluding carboxylic acids is 1. The van der Waals surface area contributed by atoms with Crippen LogP contribution in [0.4, 0.5) is 10.1 Å². The first-order chi connectivity index (χ1) is 18.2. The molecule has 4 rings (SSSR count). The van der Waals surface area contributed by atoms with Gasteiger partial charge in [0.1, 0.15) is 17.3 Å². The van der Waals surface area contributed by atoms with E-state index >= 15 is 0 Å². The molecule has 38 heavy (non-hydrogen) atoms. The lowest BCUT2D eigenvalue weighted by Gasteiger charge is -2.14. The van der Waals surface area contributed by atoms with Crippen LogP contribution in [0.2, 0.25) is 0 Å². The predicted molar refractivity (Wildman–Crippen MR) is 141 cm³/mol. The number of carbonyl (C=O) groups is 2. The first-order valence-electron chi connectivity index (χ1n) is 11.7. The maximum absolute atomic E-state index is 13.2. The summed E-state index contributed by atoms with van der Waals surface area (Å²) in [6, 6.07) is 24.9. The molecule has 0 aliphatic rings.